The van der Waals surface area contributed by atoms with Gasteiger partial charge >= 0.3 is 0 Å². The van der Waals surface area contributed by atoms with Gasteiger partial charge in [0.25, 0.3) is 0 Å². The molecule has 1 aliphatic heterocycles. The smallest absolute Gasteiger partial charge is 0.136 e. The van der Waals surface area contributed by atoms with Crippen molar-refractivity contribution in [3.63, 3.8) is 0 Å². The molecule has 2 bridgehead atoms. The van der Waals surface area contributed by atoms with Crippen molar-refractivity contribution < 1.29 is 9.53 Å². The normalized spacial score (nSPS) is 57.1. The minimum Gasteiger partial charge on any atom is -0.370 e. The van der Waals surface area contributed by atoms with Gasteiger partial charge in [0.2, 0.25) is 0 Å². The Morgan fingerprint density at radius 3 is 2.76 bits per heavy atom. The van der Waals surface area contributed by atoms with Crippen molar-refractivity contribution in [1.82, 2.24) is 0 Å². The number of rotatable bonds is 0. The van der Waals surface area contributed by atoms with Crippen molar-refractivity contribution >= 4 is 5.78 Å². The number of ether oxygens (including phenoxy) is 1. The molecule has 6 atom stereocenters. The molecule has 1 heterocycles. The molecule has 0 N–H and O–H groups in total. The second-order valence-corrected chi connectivity index (χ2v) is 6.72. The molecule has 2 heteroatoms. The summed E-state index contributed by atoms with van der Waals surface area (Å²) in [5.41, 5.74) is 0.107. The minimum absolute atomic E-state index is 0.0144. The summed E-state index contributed by atoms with van der Waals surface area (Å²) in [6, 6.07) is 0. The first kappa shape index (κ1) is 11.5. The molecule has 0 spiro atoms. The van der Waals surface area contributed by atoms with E-state index in [9.17, 15) is 4.79 Å². The molecule has 1 saturated carbocycles. The topological polar surface area (TPSA) is 26.3 Å². The first-order valence-corrected chi connectivity index (χ1v) is 6.76. The van der Waals surface area contributed by atoms with Crippen LogP contribution in [0.1, 0.15) is 40.5 Å². The van der Waals surface area contributed by atoms with E-state index >= 15 is 0 Å². The fraction of sp³-hybridized carbons (Fsp3) is 0.800. The molecule has 3 aliphatic rings. The van der Waals surface area contributed by atoms with E-state index in [-0.39, 0.29) is 29.0 Å². The van der Waals surface area contributed by atoms with Gasteiger partial charge in [-0.05, 0) is 17.8 Å². The van der Waals surface area contributed by atoms with Crippen LogP contribution in [0.15, 0.2) is 12.2 Å². The van der Waals surface area contributed by atoms with Gasteiger partial charge in [-0.1, -0.05) is 39.8 Å². The highest BCUT2D eigenvalue weighted by Gasteiger charge is 2.62. The molecule has 1 saturated heterocycles. The number of carbonyl (C=O) groups excluding carboxylic acids is 1. The van der Waals surface area contributed by atoms with Crippen LogP contribution in [0, 0.1) is 22.7 Å². The molecule has 94 valence electrons. The van der Waals surface area contributed by atoms with Crippen LogP contribution in [0.2, 0.25) is 0 Å². The maximum absolute atomic E-state index is 12.1. The van der Waals surface area contributed by atoms with Gasteiger partial charge in [-0.3, -0.25) is 4.79 Å². The lowest BCUT2D eigenvalue weighted by Crippen LogP contribution is -2.59. The molecule has 2 fully saturated rings. The van der Waals surface area contributed by atoms with E-state index in [1.807, 2.05) is 6.92 Å². The number of fused-ring (bicyclic) bond motifs is 4. The molecule has 0 radical (unpaired) electrons. The van der Waals surface area contributed by atoms with E-state index in [0.717, 1.165) is 6.42 Å². The third-order valence-corrected chi connectivity index (χ3v) is 5.99. The highest BCUT2D eigenvalue weighted by atomic mass is 16.5. The highest BCUT2D eigenvalue weighted by molar-refractivity contribution is 5.82. The Morgan fingerprint density at radius 1 is 1.35 bits per heavy atom. The summed E-state index contributed by atoms with van der Waals surface area (Å²) in [6.45, 7) is 8.87. The molecular weight excluding hydrogens is 212 g/mol. The fourth-order valence-electron chi connectivity index (χ4n) is 4.12. The second-order valence-electron chi connectivity index (χ2n) is 6.72. The Labute approximate surface area is 103 Å². The van der Waals surface area contributed by atoms with Crippen LogP contribution < -0.4 is 0 Å². The van der Waals surface area contributed by atoms with Crippen molar-refractivity contribution in [3.05, 3.63) is 12.2 Å². The Balaban J connectivity index is 2.04. The van der Waals surface area contributed by atoms with Crippen molar-refractivity contribution in [3.8, 4) is 0 Å². The lowest BCUT2D eigenvalue weighted by molar-refractivity contribution is -0.201. The molecule has 0 unspecified atom stereocenters. The van der Waals surface area contributed by atoms with Crippen LogP contribution in [0.25, 0.3) is 0 Å². The van der Waals surface area contributed by atoms with Gasteiger partial charge in [0.15, 0.2) is 0 Å². The Hall–Kier alpha value is -0.630. The van der Waals surface area contributed by atoms with Crippen molar-refractivity contribution in [2.24, 2.45) is 22.7 Å². The van der Waals surface area contributed by atoms with E-state index in [1.165, 1.54) is 0 Å². The molecule has 0 aromatic carbocycles. The van der Waals surface area contributed by atoms with Crippen molar-refractivity contribution in [2.45, 2.75) is 52.7 Å². The summed E-state index contributed by atoms with van der Waals surface area (Å²) >= 11 is 0. The summed E-state index contributed by atoms with van der Waals surface area (Å²) in [5, 5.41) is 0. The third kappa shape index (κ3) is 1.22. The average Bonchev–Trinajstić information content (AvgIpc) is 2.49. The maximum atomic E-state index is 12.1. The molecule has 2 aliphatic carbocycles. The van der Waals surface area contributed by atoms with E-state index in [4.69, 9.17) is 4.74 Å². The zero-order chi connectivity index (χ0) is 12.4. The number of allylic oxidation sites excluding steroid dienone is 1. The van der Waals surface area contributed by atoms with E-state index in [1.54, 1.807) is 0 Å². The molecule has 3 rings (SSSR count). The lowest BCUT2D eigenvalue weighted by Gasteiger charge is -2.58. The maximum Gasteiger partial charge on any atom is 0.136 e. The number of carbonyl (C=O) groups is 1. The van der Waals surface area contributed by atoms with Crippen LogP contribution in [-0.2, 0) is 9.53 Å². The van der Waals surface area contributed by atoms with Crippen LogP contribution in [0.5, 0.6) is 0 Å². The fourth-order valence-corrected chi connectivity index (χ4v) is 4.12. The first-order valence-electron chi connectivity index (χ1n) is 6.76. The van der Waals surface area contributed by atoms with Gasteiger partial charge in [-0.25, -0.2) is 0 Å². The third-order valence-electron chi connectivity index (χ3n) is 5.99. The minimum atomic E-state index is -0.0144. The zero-order valence-corrected chi connectivity index (χ0v) is 11.2. The molecular formula is C15H22O2. The van der Waals surface area contributed by atoms with Gasteiger partial charge in [-0.15, -0.1) is 0 Å². The largest absolute Gasteiger partial charge is 0.370 e. The predicted octanol–water partition coefficient (Wildman–Crippen LogP) is 2.97. The number of ketones is 1. The Kier molecular flexibility index (Phi) is 2.17. The quantitative estimate of drug-likeness (QED) is 0.602. The van der Waals surface area contributed by atoms with E-state index in [2.05, 4.69) is 32.9 Å². The lowest BCUT2D eigenvalue weighted by atomic mass is 9.51. The molecule has 17 heavy (non-hydrogen) atoms. The monoisotopic (exact) mass is 234 g/mol. The molecule has 0 amide bonds. The van der Waals surface area contributed by atoms with Gasteiger partial charge in [-0.2, -0.15) is 0 Å². The molecule has 0 aromatic heterocycles. The number of Topliss-reactive ketones (excluding diaryl/α,β-unsaturated/α-hetero) is 1. The van der Waals surface area contributed by atoms with Gasteiger partial charge in [0.1, 0.15) is 5.78 Å². The molecule has 2 nitrogen and oxygen atoms in total. The zero-order valence-electron chi connectivity index (χ0n) is 11.2. The SMILES string of the molecule is C[C@@H]1[C@H]2C=C[C@]1(C)[C@@]1(C)CC(=O)[C@@H](C)C[C@H]1O2. The van der Waals surface area contributed by atoms with Crippen LogP contribution in [0.4, 0.5) is 0 Å². The van der Waals surface area contributed by atoms with E-state index in [0.29, 0.717) is 18.1 Å². The van der Waals surface area contributed by atoms with Gasteiger partial charge < -0.3 is 4.74 Å². The average molecular weight is 234 g/mol. The standard InChI is InChI=1S/C15H22O2/c1-9-7-13-15(4,8-11(9)16)14(3)6-5-12(17-13)10(14)2/h5-6,9-10,12-13H,7-8H2,1-4H3/t9-,10+,12+,13+,14-,15-/m0/s1. The van der Waals surface area contributed by atoms with Gasteiger partial charge in [0.05, 0.1) is 12.2 Å². The Bertz CT molecular complexity index is 400. The molecule has 0 aromatic rings. The summed E-state index contributed by atoms with van der Waals surface area (Å²) in [4.78, 5) is 12.1. The highest BCUT2D eigenvalue weighted by Crippen LogP contribution is 2.62. The van der Waals surface area contributed by atoms with Gasteiger partial charge in [0, 0.05) is 17.8 Å². The van der Waals surface area contributed by atoms with Crippen molar-refractivity contribution in [2.75, 3.05) is 0 Å². The van der Waals surface area contributed by atoms with Crippen LogP contribution >= 0.6 is 0 Å². The summed E-state index contributed by atoms with van der Waals surface area (Å²) in [6.07, 6.45) is 6.61. The Morgan fingerprint density at radius 2 is 2.06 bits per heavy atom. The van der Waals surface area contributed by atoms with Crippen LogP contribution in [0.3, 0.4) is 0 Å². The second kappa shape index (κ2) is 3.23. The van der Waals surface area contributed by atoms with Crippen molar-refractivity contribution in [1.29, 1.82) is 0 Å². The number of hydrogen-bond donors (Lipinski definition) is 0. The van der Waals surface area contributed by atoms with Crippen LogP contribution in [-0.4, -0.2) is 18.0 Å². The summed E-state index contributed by atoms with van der Waals surface area (Å²) < 4.78 is 6.24. The summed E-state index contributed by atoms with van der Waals surface area (Å²) in [5.74, 6) is 1.08. The van der Waals surface area contributed by atoms with E-state index < -0.39 is 0 Å². The predicted molar refractivity (Wildman–Crippen MR) is 66.6 cm³/mol. The first-order chi connectivity index (χ1) is 7.88. The number of hydrogen-bond acceptors (Lipinski definition) is 2. The summed E-state index contributed by atoms with van der Waals surface area (Å²) in [7, 11) is 0.